The van der Waals surface area contributed by atoms with Crippen molar-refractivity contribution in [3.05, 3.63) is 30.5 Å². The third-order valence-corrected chi connectivity index (χ3v) is 5.88. The fourth-order valence-corrected chi connectivity index (χ4v) is 4.44. The summed E-state index contributed by atoms with van der Waals surface area (Å²) in [6.45, 7) is 3.73. The van der Waals surface area contributed by atoms with Gasteiger partial charge in [0.25, 0.3) is 0 Å². The van der Waals surface area contributed by atoms with E-state index in [2.05, 4.69) is 71.2 Å². The maximum Gasteiger partial charge on any atom is 0.110 e. The molecule has 1 aliphatic heterocycles. The Hall–Kier alpha value is -2.09. The SMILES string of the molecule is CN(C)CCNc1ccc2c3c(nn2CCN(C)C)-c2cccnc2Sc13. The summed E-state index contributed by atoms with van der Waals surface area (Å²) in [5.41, 5.74) is 4.55. The molecule has 27 heavy (non-hydrogen) atoms. The summed E-state index contributed by atoms with van der Waals surface area (Å²) in [6.07, 6.45) is 1.86. The molecule has 3 aromatic rings. The molecule has 0 radical (unpaired) electrons. The summed E-state index contributed by atoms with van der Waals surface area (Å²) in [7, 11) is 8.38. The standard InChI is InChI=1S/C20H26N6S/c1-24(2)11-10-21-15-7-8-16-17-18(23-26(16)13-12-25(3)4)14-6-5-9-22-20(14)27-19(15)17/h5-9,21H,10-13H2,1-4H3. The van der Waals surface area contributed by atoms with Crippen molar-refractivity contribution in [2.75, 3.05) is 53.1 Å². The number of nitrogens with zero attached hydrogens (tertiary/aromatic N) is 5. The molecule has 0 aliphatic carbocycles. The predicted molar refractivity (Wildman–Crippen MR) is 113 cm³/mol. The van der Waals surface area contributed by atoms with Crippen LogP contribution in [-0.4, -0.2) is 72.4 Å². The molecule has 4 rings (SSSR count). The molecule has 0 unspecified atom stereocenters. The van der Waals surface area contributed by atoms with Gasteiger partial charge in [-0.3, -0.25) is 4.68 Å². The summed E-state index contributed by atoms with van der Waals surface area (Å²) in [5, 5.41) is 10.9. The number of rotatable bonds is 7. The number of aromatic nitrogens is 3. The summed E-state index contributed by atoms with van der Waals surface area (Å²) >= 11 is 1.75. The van der Waals surface area contributed by atoms with Crippen molar-refractivity contribution in [1.29, 1.82) is 0 Å². The van der Waals surface area contributed by atoms with Crippen molar-refractivity contribution in [3.8, 4) is 11.3 Å². The molecule has 0 saturated carbocycles. The Morgan fingerprint density at radius 2 is 1.89 bits per heavy atom. The van der Waals surface area contributed by atoms with Crippen LogP contribution >= 0.6 is 11.8 Å². The van der Waals surface area contributed by atoms with Gasteiger partial charge in [0.1, 0.15) is 10.7 Å². The van der Waals surface area contributed by atoms with Crippen LogP contribution in [0.2, 0.25) is 0 Å². The summed E-state index contributed by atoms with van der Waals surface area (Å²) in [5.74, 6) is 0. The molecule has 142 valence electrons. The predicted octanol–water partition coefficient (Wildman–Crippen LogP) is 3.10. The van der Waals surface area contributed by atoms with Crippen LogP contribution in [0.15, 0.2) is 40.4 Å². The van der Waals surface area contributed by atoms with Gasteiger partial charge in [0.15, 0.2) is 0 Å². The number of likely N-dealkylation sites (N-methyl/N-ethyl adjacent to an activating group) is 2. The van der Waals surface area contributed by atoms with E-state index in [4.69, 9.17) is 5.10 Å². The monoisotopic (exact) mass is 382 g/mol. The van der Waals surface area contributed by atoms with Crippen LogP contribution in [0.25, 0.3) is 22.2 Å². The molecule has 1 aliphatic rings. The number of benzene rings is 1. The molecule has 0 bridgehead atoms. The number of fused-ring (bicyclic) bond motifs is 2. The van der Waals surface area contributed by atoms with Gasteiger partial charge in [0, 0.05) is 47.4 Å². The Morgan fingerprint density at radius 3 is 2.67 bits per heavy atom. The number of hydrogen-bond acceptors (Lipinski definition) is 6. The van der Waals surface area contributed by atoms with Crippen LogP contribution in [0, 0.1) is 0 Å². The van der Waals surface area contributed by atoms with Gasteiger partial charge in [-0.1, -0.05) is 11.8 Å². The lowest BCUT2D eigenvalue weighted by Crippen LogP contribution is -2.21. The molecule has 1 aromatic carbocycles. The van der Waals surface area contributed by atoms with Crippen molar-refractivity contribution in [3.63, 3.8) is 0 Å². The average molecular weight is 383 g/mol. The van der Waals surface area contributed by atoms with E-state index >= 15 is 0 Å². The first-order chi connectivity index (χ1) is 13.0. The lowest BCUT2D eigenvalue weighted by atomic mass is 10.1. The minimum atomic E-state index is 0.872. The molecule has 2 aromatic heterocycles. The molecular formula is C20H26N6S. The summed E-state index contributed by atoms with van der Waals surface area (Å²) < 4.78 is 2.14. The van der Waals surface area contributed by atoms with Crippen LogP contribution in [0.3, 0.4) is 0 Å². The Bertz CT molecular complexity index is 963. The zero-order valence-electron chi connectivity index (χ0n) is 16.4. The maximum absolute atomic E-state index is 4.98. The quantitative estimate of drug-likeness (QED) is 0.530. The van der Waals surface area contributed by atoms with E-state index in [1.807, 2.05) is 12.3 Å². The Labute approximate surface area is 164 Å². The third kappa shape index (κ3) is 3.54. The molecule has 1 N–H and O–H groups in total. The lowest BCUT2D eigenvalue weighted by Gasteiger charge is -2.19. The second-order valence-electron chi connectivity index (χ2n) is 7.40. The minimum Gasteiger partial charge on any atom is -0.383 e. The molecule has 0 fully saturated rings. The van der Waals surface area contributed by atoms with Gasteiger partial charge in [-0.05, 0) is 52.5 Å². The van der Waals surface area contributed by atoms with E-state index in [0.29, 0.717) is 0 Å². The molecule has 6 nitrogen and oxygen atoms in total. The molecule has 0 saturated heterocycles. The fraction of sp³-hybridized carbons (Fsp3) is 0.400. The van der Waals surface area contributed by atoms with Gasteiger partial charge >= 0.3 is 0 Å². The molecule has 3 heterocycles. The highest BCUT2D eigenvalue weighted by Crippen LogP contribution is 2.49. The van der Waals surface area contributed by atoms with E-state index in [1.165, 1.54) is 21.5 Å². The van der Waals surface area contributed by atoms with Crippen molar-refractivity contribution in [2.45, 2.75) is 16.5 Å². The molecule has 7 heteroatoms. The van der Waals surface area contributed by atoms with Crippen LogP contribution in [0.1, 0.15) is 0 Å². The van der Waals surface area contributed by atoms with Crippen LogP contribution in [0.4, 0.5) is 5.69 Å². The number of nitrogens with one attached hydrogen (secondary N) is 1. The van der Waals surface area contributed by atoms with Gasteiger partial charge in [0.05, 0.1) is 12.1 Å². The second-order valence-corrected chi connectivity index (χ2v) is 8.40. The minimum absolute atomic E-state index is 0.872. The Morgan fingerprint density at radius 1 is 1.07 bits per heavy atom. The second kappa shape index (κ2) is 7.50. The first-order valence-corrected chi connectivity index (χ1v) is 10.1. The lowest BCUT2D eigenvalue weighted by molar-refractivity contribution is 0.377. The van der Waals surface area contributed by atoms with Gasteiger partial charge in [-0.25, -0.2) is 4.98 Å². The Kier molecular flexibility index (Phi) is 5.08. The van der Waals surface area contributed by atoms with E-state index in [0.717, 1.165) is 42.5 Å². The topological polar surface area (TPSA) is 49.2 Å². The van der Waals surface area contributed by atoms with Crippen LogP contribution in [-0.2, 0) is 6.54 Å². The first kappa shape index (κ1) is 18.3. The van der Waals surface area contributed by atoms with Crippen molar-refractivity contribution in [1.82, 2.24) is 24.6 Å². The summed E-state index contributed by atoms with van der Waals surface area (Å²) in [4.78, 5) is 10.2. The van der Waals surface area contributed by atoms with Crippen molar-refractivity contribution in [2.24, 2.45) is 0 Å². The maximum atomic E-state index is 4.98. The number of hydrogen-bond donors (Lipinski definition) is 1. The van der Waals surface area contributed by atoms with E-state index in [9.17, 15) is 0 Å². The normalized spacial score (nSPS) is 12.8. The Balaban J connectivity index is 1.80. The van der Waals surface area contributed by atoms with E-state index in [-0.39, 0.29) is 0 Å². The highest BCUT2D eigenvalue weighted by atomic mass is 32.2. The van der Waals surface area contributed by atoms with E-state index < -0.39 is 0 Å². The number of pyridine rings is 1. The van der Waals surface area contributed by atoms with Gasteiger partial charge in [-0.15, -0.1) is 0 Å². The largest absolute Gasteiger partial charge is 0.383 e. The summed E-state index contributed by atoms with van der Waals surface area (Å²) in [6, 6.07) is 8.51. The highest BCUT2D eigenvalue weighted by molar-refractivity contribution is 7.99. The highest BCUT2D eigenvalue weighted by Gasteiger charge is 2.26. The van der Waals surface area contributed by atoms with E-state index in [1.54, 1.807) is 11.8 Å². The van der Waals surface area contributed by atoms with Crippen LogP contribution in [0.5, 0.6) is 0 Å². The average Bonchev–Trinajstić information content (AvgIpc) is 3.01. The van der Waals surface area contributed by atoms with Crippen LogP contribution < -0.4 is 5.32 Å². The van der Waals surface area contributed by atoms with Gasteiger partial charge in [-0.2, -0.15) is 5.10 Å². The molecular weight excluding hydrogens is 356 g/mol. The molecule has 0 spiro atoms. The fourth-order valence-electron chi connectivity index (χ4n) is 3.30. The van der Waals surface area contributed by atoms with Crippen molar-refractivity contribution >= 4 is 28.4 Å². The molecule has 0 amide bonds. The zero-order valence-corrected chi connectivity index (χ0v) is 17.2. The zero-order chi connectivity index (χ0) is 19.0. The van der Waals surface area contributed by atoms with Gasteiger partial charge < -0.3 is 15.1 Å². The smallest absolute Gasteiger partial charge is 0.110 e. The van der Waals surface area contributed by atoms with Crippen molar-refractivity contribution < 1.29 is 0 Å². The van der Waals surface area contributed by atoms with Gasteiger partial charge in [0.2, 0.25) is 0 Å². The number of anilines is 1. The first-order valence-electron chi connectivity index (χ1n) is 9.24. The third-order valence-electron chi connectivity index (χ3n) is 4.73. The molecule has 0 atom stereocenters.